The van der Waals surface area contributed by atoms with Gasteiger partial charge in [-0.2, -0.15) is 0 Å². The lowest BCUT2D eigenvalue weighted by Crippen LogP contribution is -2.54. The Morgan fingerprint density at radius 1 is 0.960 bits per heavy atom. The predicted octanol–water partition coefficient (Wildman–Crippen LogP) is 2.43. The van der Waals surface area contributed by atoms with Crippen molar-refractivity contribution in [3.05, 3.63) is 18.1 Å². The number of rotatable bonds is 4. The highest BCUT2D eigenvalue weighted by atomic mass is 15.3. The van der Waals surface area contributed by atoms with E-state index in [4.69, 9.17) is 0 Å². The Balaban J connectivity index is 1.31. The van der Waals surface area contributed by atoms with Gasteiger partial charge < -0.3 is 9.80 Å². The van der Waals surface area contributed by atoms with Crippen molar-refractivity contribution in [2.24, 2.45) is 5.92 Å². The minimum atomic E-state index is 0.870. The van der Waals surface area contributed by atoms with Gasteiger partial charge in [0.15, 0.2) is 0 Å². The van der Waals surface area contributed by atoms with Gasteiger partial charge >= 0.3 is 0 Å². The van der Waals surface area contributed by atoms with E-state index in [9.17, 15) is 0 Å². The Morgan fingerprint density at radius 3 is 2.64 bits per heavy atom. The Kier molecular flexibility index (Phi) is 5.51. The topological polar surface area (TPSA) is 35.5 Å². The highest BCUT2D eigenvalue weighted by molar-refractivity contribution is 5.39. The van der Waals surface area contributed by atoms with E-state index >= 15 is 0 Å². The van der Waals surface area contributed by atoms with Gasteiger partial charge in [-0.15, -0.1) is 0 Å². The summed E-state index contributed by atoms with van der Waals surface area (Å²) in [5, 5.41) is 0. The molecule has 25 heavy (non-hydrogen) atoms. The normalized spacial score (nSPS) is 28.8. The number of aromatic nitrogens is 2. The fraction of sp³-hybridized carbons (Fsp3) is 0.800. The Labute approximate surface area is 152 Å². The Morgan fingerprint density at radius 2 is 1.80 bits per heavy atom. The Hall–Kier alpha value is -1.20. The van der Waals surface area contributed by atoms with Crippen molar-refractivity contribution in [1.82, 2.24) is 19.8 Å². The van der Waals surface area contributed by atoms with Crippen molar-refractivity contribution in [1.29, 1.82) is 0 Å². The molecular weight excluding hydrogens is 310 g/mol. The summed E-state index contributed by atoms with van der Waals surface area (Å²) in [7, 11) is 0. The number of piperidine rings is 2. The molecule has 0 bridgehead atoms. The number of fused-ring (bicyclic) bond motifs is 1. The van der Waals surface area contributed by atoms with E-state index < -0.39 is 0 Å². The van der Waals surface area contributed by atoms with Gasteiger partial charge in [0, 0.05) is 50.5 Å². The SMILES string of the molecule is CCc1cc(N2CCN(C[C@@H]3CCCN4CCCC[C@H]34)CC2)ncn1. The molecule has 0 saturated carbocycles. The van der Waals surface area contributed by atoms with E-state index in [2.05, 4.69) is 37.7 Å². The van der Waals surface area contributed by atoms with Gasteiger partial charge in [-0.1, -0.05) is 13.3 Å². The van der Waals surface area contributed by atoms with Crippen LogP contribution in [0.25, 0.3) is 0 Å². The summed E-state index contributed by atoms with van der Waals surface area (Å²) in [4.78, 5) is 16.8. The maximum atomic E-state index is 4.50. The molecule has 138 valence electrons. The van der Waals surface area contributed by atoms with Crippen molar-refractivity contribution in [2.75, 3.05) is 50.7 Å². The van der Waals surface area contributed by atoms with Crippen LogP contribution in [-0.4, -0.2) is 71.6 Å². The molecule has 0 amide bonds. The molecule has 3 fully saturated rings. The molecule has 4 heterocycles. The molecule has 0 spiro atoms. The van der Waals surface area contributed by atoms with Crippen molar-refractivity contribution in [3.8, 4) is 0 Å². The van der Waals surface area contributed by atoms with E-state index in [1.165, 1.54) is 64.8 Å². The number of anilines is 1. The minimum Gasteiger partial charge on any atom is -0.354 e. The standard InChI is InChI=1S/C20H33N5/c1-2-18-14-20(22-16-21-18)25-12-10-23(11-13-25)15-17-6-5-9-24-8-4-3-7-19(17)24/h14,16-17,19H,2-13,15H2,1H3/t17-,19+/m0/s1. The zero-order chi connectivity index (χ0) is 17.1. The maximum absolute atomic E-state index is 4.50. The van der Waals surface area contributed by atoms with Crippen LogP contribution in [0.1, 0.15) is 44.7 Å². The summed E-state index contributed by atoms with van der Waals surface area (Å²) in [6.07, 6.45) is 9.84. The van der Waals surface area contributed by atoms with Crippen LogP contribution < -0.4 is 4.90 Å². The third kappa shape index (κ3) is 3.98. The number of hydrogen-bond donors (Lipinski definition) is 0. The molecule has 0 radical (unpaired) electrons. The average Bonchev–Trinajstić information content (AvgIpc) is 2.69. The van der Waals surface area contributed by atoms with Crippen molar-refractivity contribution in [3.63, 3.8) is 0 Å². The molecule has 3 saturated heterocycles. The zero-order valence-corrected chi connectivity index (χ0v) is 15.7. The molecule has 3 aliphatic heterocycles. The molecule has 0 N–H and O–H groups in total. The van der Waals surface area contributed by atoms with Gasteiger partial charge in [-0.3, -0.25) is 4.90 Å². The lowest BCUT2D eigenvalue weighted by atomic mass is 9.83. The lowest BCUT2D eigenvalue weighted by Gasteiger charge is -2.46. The highest BCUT2D eigenvalue weighted by Crippen LogP contribution is 2.31. The quantitative estimate of drug-likeness (QED) is 0.839. The van der Waals surface area contributed by atoms with Crippen molar-refractivity contribution < 1.29 is 0 Å². The van der Waals surface area contributed by atoms with Gasteiger partial charge in [0.1, 0.15) is 12.1 Å². The molecule has 2 atom stereocenters. The molecule has 0 aromatic carbocycles. The lowest BCUT2D eigenvalue weighted by molar-refractivity contribution is 0.0394. The summed E-state index contributed by atoms with van der Waals surface area (Å²) < 4.78 is 0. The first kappa shape index (κ1) is 17.2. The first-order chi connectivity index (χ1) is 12.3. The van der Waals surface area contributed by atoms with Crippen LogP contribution in [0.15, 0.2) is 12.4 Å². The summed E-state index contributed by atoms with van der Waals surface area (Å²) >= 11 is 0. The van der Waals surface area contributed by atoms with E-state index in [0.29, 0.717) is 0 Å². The van der Waals surface area contributed by atoms with Crippen molar-refractivity contribution in [2.45, 2.75) is 51.5 Å². The Bertz CT molecular complexity index is 553. The van der Waals surface area contributed by atoms with Gasteiger partial charge in [-0.25, -0.2) is 9.97 Å². The van der Waals surface area contributed by atoms with Gasteiger partial charge in [-0.05, 0) is 51.1 Å². The molecule has 0 aliphatic carbocycles. The number of hydrogen-bond acceptors (Lipinski definition) is 5. The van der Waals surface area contributed by atoms with E-state index in [0.717, 1.165) is 43.0 Å². The molecule has 3 aliphatic rings. The van der Waals surface area contributed by atoms with Crippen LogP contribution in [0.4, 0.5) is 5.82 Å². The van der Waals surface area contributed by atoms with E-state index in [1.807, 2.05) is 0 Å². The van der Waals surface area contributed by atoms with Crippen LogP contribution in [0.5, 0.6) is 0 Å². The van der Waals surface area contributed by atoms with Crippen LogP contribution in [0, 0.1) is 5.92 Å². The van der Waals surface area contributed by atoms with Crippen LogP contribution in [0.2, 0.25) is 0 Å². The molecule has 1 aromatic heterocycles. The molecule has 5 nitrogen and oxygen atoms in total. The predicted molar refractivity (Wildman–Crippen MR) is 102 cm³/mol. The smallest absolute Gasteiger partial charge is 0.132 e. The van der Waals surface area contributed by atoms with Crippen LogP contribution >= 0.6 is 0 Å². The maximum Gasteiger partial charge on any atom is 0.132 e. The van der Waals surface area contributed by atoms with Gasteiger partial charge in [0.25, 0.3) is 0 Å². The van der Waals surface area contributed by atoms with Gasteiger partial charge in [0.2, 0.25) is 0 Å². The first-order valence-corrected chi connectivity index (χ1v) is 10.4. The summed E-state index contributed by atoms with van der Waals surface area (Å²) in [5.41, 5.74) is 1.15. The second-order valence-corrected chi connectivity index (χ2v) is 8.01. The molecule has 1 aromatic rings. The fourth-order valence-corrected chi connectivity index (χ4v) is 5.03. The third-order valence-electron chi connectivity index (χ3n) is 6.49. The summed E-state index contributed by atoms with van der Waals surface area (Å²) in [5.74, 6) is 2.01. The summed E-state index contributed by atoms with van der Waals surface area (Å²) in [6, 6.07) is 3.03. The molecule has 4 rings (SSSR count). The van der Waals surface area contributed by atoms with E-state index in [-0.39, 0.29) is 0 Å². The van der Waals surface area contributed by atoms with Gasteiger partial charge in [0.05, 0.1) is 0 Å². The highest BCUT2D eigenvalue weighted by Gasteiger charge is 2.34. The average molecular weight is 344 g/mol. The second-order valence-electron chi connectivity index (χ2n) is 8.01. The monoisotopic (exact) mass is 343 g/mol. The molecule has 0 unspecified atom stereocenters. The second kappa shape index (κ2) is 8.00. The number of aryl methyl sites for hydroxylation is 1. The largest absolute Gasteiger partial charge is 0.354 e. The number of piperazine rings is 1. The molecular formula is C20H33N5. The number of nitrogens with zero attached hydrogens (tertiary/aromatic N) is 5. The fourth-order valence-electron chi connectivity index (χ4n) is 5.03. The van der Waals surface area contributed by atoms with Crippen LogP contribution in [-0.2, 0) is 6.42 Å². The summed E-state index contributed by atoms with van der Waals surface area (Å²) in [6.45, 7) is 10.7. The van der Waals surface area contributed by atoms with Crippen LogP contribution in [0.3, 0.4) is 0 Å². The van der Waals surface area contributed by atoms with E-state index in [1.54, 1.807) is 6.33 Å². The van der Waals surface area contributed by atoms with Crippen molar-refractivity contribution >= 4 is 5.82 Å². The first-order valence-electron chi connectivity index (χ1n) is 10.4. The third-order valence-corrected chi connectivity index (χ3v) is 6.49. The minimum absolute atomic E-state index is 0.870. The zero-order valence-electron chi connectivity index (χ0n) is 15.7. The molecule has 5 heteroatoms.